The van der Waals surface area contributed by atoms with E-state index < -0.39 is 0 Å². The predicted molar refractivity (Wildman–Crippen MR) is 83.3 cm³/mol. The predicted octanol–water partition coefficient (Wildman–Crippen LogP) is 6.41. The van der Waals surface area contributed by atoms with Gasteiger partial charge in [0, 0.05) is 0 Å². The largest absolute Gasteiger partial charge is 0.0993 e. The third-order valence-electron chi connectivity index (χ3n) is 6.36. The van der Waals surface area contributed by atoms with E-state index in [1.54, 1.807) is 31.3 Å². The van der Waals surface area contributed by atoms with Crippen LogP contribution in [0.2, 0.25) is 0 Å². The van der Waals surface area contributed by atoms with Crippen molar-refractivity contribution in [3.63, 3.8) is 0 Å². The Morgan fingerprint density at radius 3 is 1.47 bits per heavy atom. The molecule has 3 rings (SSSR count). The first kappa shape index (κ1) is 13.7. The normalized spacial score (nSPS) is 36.1. The van der Waals surface area contributed by atoms with Crippen molar-refractivity contribution < 1.29 is 0 Å². The Morgan fingerprint density at radius 1 is 0.579 bits per heavy atom. The molecule has 0 amide bonds. The minimum atomic E-state index is 0.626. The molecule has 0 nitrogen and oxygen atoms in total. The third kappa shape index (κ3) is 3.44. The molecule has 1 atom stereocenters. The number of allylic oxidation sites excluding steroid dienone is 1. The molecule has 0 aromatic carbocycles. The zero-order valence-corrected chi connectivity index (χ0v) is 12.8. The van der Waals surface area contributed by atoms with Gasteiger partial charge in [-0.05, 0) is 55.8 Å². The average molecular weight is 260 g/mol. The maximum atomic E-state index is 4.28. The van der Waals surface area contributed by atoms with E-state index in [4.69, 9.17) is 0 Å². The van der Waals surface area contributed by atoms with Gasteiger partial charge in [0.2, 0.25) is 0 Å². The smallest absolute Gasteiger partial charge is 0.00532 e. The Morgan fingerprint density at radius 2 is 1.00 bits per heavy atom. The second-order valence-electron chi connectivity index (χ2n) is 7.89. The summed E-state index contributed by atoms with van der Waals surface area (Å²) in [5.41, 5.74) is 3.05. The van der Waals surface area contributed by atoms with E-state index in [9.17, 15) is 0 Å². The minimum absolute atomic E-state index is 0.626. The van der Waals surface area contributed by atoms with Gasteiger partial charge in [-0.15, -0.1) is 0 Å². The average Bonchev–Trinajstić information content (AvgIpc) is 3.28. The Hall–Kier alpha value is -0.260. The summed E-state index contributed by atoms with van der Waals surface area (Å²) in [7, 11) is 0. The summed E-state index contributed by atoms with van der Waals surface area (Å²) in [6.07, 6.45) is 22.3. The molecule has 0 radical (unpaired) electrons. The lowest BCUT2D eigenvalue weighted by atomic mass is 9.87. The van der Waals surface area contributed by atoms with E-state index in [1.165, 1.54) is 70.6 Å². The highest BCUT2D eigenvalue weighted by atomic mass is 14.5. The molecule has 2 spiro atoms. The molecule has 108 valence electrons. The molecule has 0 heteroatoms. The SMILES string of the molecule is C=C1CC12CCCCCCCC1(CCCCC2)CC1. The third-order valence-corrected chi connectivity index (χ3v) is 6.36. The highest BCUT2D eigenvalue weighted by Gasteiger charge is 2.45. The quantitative estimate of drug-likeness (QED) is 0.442. The van der Waals surface area contributed by atoms with Crippen LogP contribution in [0, 0.1) is 10.8 Å². The fourth-order valence-electron chi connectivity index (χ4n) is 4.46. The van der Waals surface area contributed by atoms with Crippen LogP contribution in [0.25, 0.3) is 0 Å². The molecule has 3 saturated carbocycles. The molecule has 0 bridgehead atoms. The maximum absolute atomic E-state index is 4.28. The van der Waals surface area contributed by atoms with Gasteiger partial charge in [-0.25, -0.2) is 0 Å². The van der Waals surface area contributed by atoms with Crippen LogP contribution in [0.1, 0.15) is 96.3 Å². The first-order valence-electron chi connectivity index (χ1n) is 8.93. The van der Waals surface area contributed by atoms with E-state index in [-0.39, 0.29) is 0 Å². The van der Waals surface area contributed by atoms with Gasteiger partial charge in [0.25, 0.3) is 0 Å². The summed E-state index contributed by atoms with van der Waals surface area (Å²) < 4.78 is 0. The standard InChI is InChI=1S/C19H32/c1-17-16-19(17)12-8-4-2-3-6-10-18(14-15-18)11-7-5-9-13-19/h1-16H2. The Labute approximate surface area is 120 Å². The molecule has 0 aromatic heterocycles. The van der Waals surface area contributed by atoms with Crippen LogP contribution >= 0.6 is 0 Å². The van der Waals surface area contributed by atoms with Gasteiger partial charge in [0.05, 0.1) is 0 Å². The van der Waals surface area contributed by atoms with Crippen molar-refractivity contribution in [2.75, 3.05) is 0 Å². The summed E-state index contributed by atoms with van der Waals surface area (Å²) in [6, 6.07) is 0. The molecule has 0 aromatic rings. The number of rotatable bonds is 0. The molecule has 0 N–H and O–H groups in total. The first-order chi connectivity index (χ1) is 9.25. The monoisotopic (exact) mass is 260 g/mol. The van der Waals surface area contributed by atoms with Crippen LogP contribution in [0.3, 0.4) is 0 Å². The van der Waals surface area contributed by atoms with Gasteiger partial charge in [0.1, 0.15) is 0 Å². The molecule has 3 fully saturated rings. The van der Waals surface area contributed by atoms with Crippen molar-refractivity contribution in [3.8, 4) is 0 Å². The van der Waals surface area contributed by atoms with Gasteiger partial charge < -0.3 is 0 Å². The molecule has 19 heavy (non-hydrogen) atoms. The van der Waals surface area contributed by atoms with Gasteiger partial charge in [0.15, 0.2) is 0 Å². The molecule has 0 aliphatic heterocycles. The second-order valence-corrected chi connectivity index (χ2v) is 7.89. The topological polar surface area (TPSA) is 0 Å². The molecule has 3 aliphatic carbocycles. The van der Waals surface area contributed by atoms with Gasteiger partial charge >= 0.3 is 0 Å². The van der Waals surface area contributed by atoms with E-state index in [2.05, 4.69) is 6.58 Å². The van der Waals surface area contributed by atoms with Crippen LogP contribution in [-0.2, 0) is 0 Å². The second kappa shape index (κ2) is 5.62. The van der Waals surface area contributed by atoms with E-state index in [0.717, 1.165) is 5.41 Å². The van der Waals surface area contributed by atoms with Crippen molar-refractivity contribution in [1.29, 1.82) is 0 Å². The maximum Gasteiger partial charge on any atom is -0.00532 e. The fraction of sp³-hybridized carbons (Fsp3) is 0.895. The zero-order chi connectivity index (χ0) is 13.2. The molecular weight excluding hydrogens is 228 g/mol. The van der Waals surface area contributed by atoms with Crippen molar-refractivity contribution in [2.45, 2.75) is 96.3 Å². The summed E-state index contributed by atoms with van der Waals surface area (Å²) >= 11 is 0. The molecular formula is C19H32. The molecule has 0 saturated heterocycles. The van der Waals surface area contributed by atoms with Gasteiger partial charge in [-0.2, -0.15) is 0 Å². The van der Waals surface area contributed by atoms with Crippen molar-refractivity contribution in [3.05, 3.63) is 12.2 Å². The highest BCUT2D eigenvalue weighted by Crippen LogP contribution is 2.58. The Bertz CT molecular complexity index is 323. The number of hydrogen-bond acceptors (Lipinski definition) is 0. The zero-order valence-electron chi connectivity index (χ0n) is 12.8. The van der Waals surface area contributed by atoms with Crippen LogP contribution in [0.15, 0.2) is 12.2 Å². The first-order valence-corrected chi connectivity index (χ1v) is 8.93. The van der Waals surface area contributed by atoms with E-state index in [1.807, 2.05) is 0 Å². The van der Waals surface area contributed by atoms with E-state index >= 15 is 0 Å². The highest BCUT2D eigenvalue weighted by molar-refractivity contribution is 5.29. The summed E-state index contributed by atoms with van der Waals surface area (Å²) in [5.74, 6) is 0. The van der Waals surface area contributed by atoms with E-state index in [0.29, 0.717) is 5.41 Å². The molecule has 1 unspecified atom stereocenters. The summed E-state index contributed by atoms with van der Waals surface area (Å²) in [6.45, 7) is 4.28. The summed E-state index contributed by atoms with van der Waals surface area (Å²) in [5, 5.41) is 0. The Kier molecular flexibility index (Phi) is 4.06. The number of hydrogen-bond donors (Lipinski definition) is 0. The van der Waals surface area contributed by atoms with Crippen molar-refractivity contribution in [2.24, 2.45) is 10.8 Å². The lowest BCUT2D eigenvalue weighted by Crippen LogP contribution is -2.04. The molecule has 3 aliphatic rings. The van der Waals surface area contributed by atoms with Crippen LogP contribution in [-0.4, -0.2) is 0 Å². The van der Waals surface area contributed by atoms with Crippen LogP contribution in [0.5, 0.6) is 0 Å². The van der Waals surface area contributed by atoms with Crippen molar-refractivity contribution >= 4 is 0 Å². The lowest BCUT2D eigenvalue weighted by molar-refractivity contribution is 0.355. The van der Waals surface area contributed by atoms with Gasteiger partial charge in [-0.3, -0.25) is 0 Å². The minimum Gasteiger partial charge on any atom is -0.0993 e. The van der Waals surface area contributed by atoms with Crippen LogP contribution in [0.4, 0.5) is 0 Å². The fourth-order valence-corrected chi connectivity index (χ4v) is 4.46. The van der Waals surface area contributed by atoms with Crippen molar-refractivity contribution in [1.82, 2.24) is 0 Å². The Balaban J connectivity index is 1.48. The summed E-state index contributed by atoms with van der Waals surface area (Å²) in [4.78, 5) is 0. The lowest BCUT2D eigenvalue weighted by Gasteiger charge is -2.18. The molecule has 0 heterocycles. The van der Waals surface area contributed by atoms with Gasteiger partial charge in [-0.1, -0.05) is 63.5 Å². The van der Waals surface area contributed by atoms with Crippen LogP contribution < -0.4 is 0 Å².